The molecule has 0 amide bonds. The molecule has 5 nitrogen and oxygen atoms in total. The normalized spacial score (nSPS) is 18.2. The van der Waals surface area contributed by atoms with Gasteiger partial charge in [-0.25, -0.2) is 9.78 Å². The highest BCUT2D eigenvalue weighted by atomic mass is 32.1. The number of piperidine rings is 1. The highest BCUT2D eigenvalue weighted by Crippen LogP contribution is 2.20. The van der Waals surface area contributed by atoms with Crippen molar-refractivity contribution < 1.29 is 9.90 Å². The molecule has 0 bridgehead atoms. The first kappa shape index (κ1) is 12.3. The van der Waals surface area contributed by atoms with E-state index in [9.17, 15) is 4.79 Å². The molecular formula is C11H17N3O2S. The van der Waals surface area contributed by atoms with Gasteiger partial charge in [0.1, 0.15) is 4.88 Å². The number of carboxylic acids is 1. The van der Waals surface area contributed by atoms with Crippen LogP contribution in [0.3, 0.4) is 0 Å². The second-order valence-electron chi connectivity index (χ2n) is 4.46. The number of nitrogens with one attached hydrogen (secondary N) is 1. The number of carbonyl (C=O) groups is 1. The zero-order valence-corrected chi connectivity index (χ0v) is 10.7. The minimum Gasteiger partial charge on any atom is -0.477 e. The van der Waals surface area contributed by atoms with E-state index in [0.717, 1.165) is 19.6 Å². The van der Waals surface area contributed by atoms with Crippen LogP contribution in [-0.2, 0) is 0 Å². The number of anilines is 1. The van der Waals surface area contributed by atoms with E-state index in [1.807, 2.05) is 0 Å². The molecule has 0 aliphatic carbocycles. The molecule has 0 spiro atoms. The highest BCUT2D eigenvalue weighted by molar-refractivity contribution is 7.17. The maximum Gasteiger partial charge on any atom is 0.347 e. The van der Waals surface area contributed by atoms with Gasteiger partial charge < -0.3 is 15.3 Å². The first-order valence-electron chi connectivity index (χ1n) is 5.76. The maximum absolute atomic E-state index is 10.7. The molecular weight excluding hydrogens is 238 g/mol. The summed E-state index contributed by atoms with van der Waals surface area (Å²) < 4.78 is 0. The van der Waals surface area contributed by atoms with Crippen molar-refractivity contribution >= 4 is 22.4 Å². The van der Waals surface area contributed by atoms with E-state index in [1.54, 1.807) is 0 Å². The molecule has 0 aromatic carbocycles. The average molecular weight is 255 g/mol. The van der Waals surface area contributed by atoms with Crippen LogP contribution < -0.4 is 5.32 Å². The predicted octanol–water partition coefficient (Wildman–Crippen LogP) is 1.59. The van der Waals surface area contributed by atoms with Crippen molar-refractivity contribution in [1.82, 2.24) is 9.88 Å². The summed E-state index contributed by atoms with van der Waals surface area (Å²) in [4.78, 5) is 17.4. The maximum atomic E-state index is 10.7. The van der Waals surface area contributed by atoms with Gasteiger partial charge in [0.15, 0.2) is 5.13 Å². The molecule has 2 rings (SSSR count). The molecule has 1 saturated heterocycles. The van der Waals surface area contributed by atoms with Crippen LogP contribution in [0.25, 0.3) is 0 Å². The van der Waals surface area contributed by atoms with Gasteiger partial charge in [0, 0.05) is 6.54 Å². The van der Waals surface area contributed by atoms with Gasteiger partial charge in [0.25, 0.3) is 0 Å². The van der Waals surface area contributed by atoms with Crippen LogP contribution in [0.5, 0.6) is 0 Å². The van der Waals surface area contributed by atoms with E-state index in [1.165, 1.54) is 30.4 Å². The standard InChI is InChI=1S/C11H17N3O2S/c1-14-4-2-8(3-5-14)6-12-11-13-7-9(17-11)10(15)16/h7-8H,2-6H2,1H3,(H,12,13)(H,15,16). The largest absolute Gasteiger partial charge is 0.477 e. The van der Waals surface area contributed by atoms with Crippen LogP contribution in [0, 0.1) is 5.92 Å². The Labute approximate surface area is 104 Å². The third-order valence-corrected chi connectivity index (χ3v) is 4.04. The smallest absolute Gasteiger partial charge is 0.347 e. The monoisotopic (exact) mass is 255 g/mol. The molecule has 2 N–H and O–H groups in total. The number of carboxylic acid groups (broad SMARTS) is 1. The lowest BCUT2D eigenvalue weighted by molar-refractivity contribution is 0.0702. The van der Waals surface area contributed by atoms with E-state index >= 15 is 0 Å². The van der Waals surface area contributed by atoms with Gasteiger partial charge in [-0.3, -0.25) is 0 Å². The van der Waals surface area contributed by atoms with E-state index in [-0.39, 0.29) is 4.88 Å². The topological polar surface area (TPSA) is 65.5 Å². The van der Waals surface area contributed by atoms with E-state index in [0.29, 0.717) is 11.0 Å². The fourth-order valence-corrected chi connectivity index (χ4v) is 2.61. The van der Waals surface area contributed by atoms with Gasteiger partial charge in [-0.2, -0.15) is 0 Å². The Morgan fingerprint density at radius 2 is 2.35 bits per heavy atom. The number of thiazole rings is 1. The van der Waals surface area contributed by atoms with Crippen molar-refractivity contribution in [3.05, 3.63) is 11.1 Å². The van der Waals surface area contributed by atoms with Crippen molar-refractivity contribution in [3.8, 4) is 0 Å². The average Bonchev–Trinajstić information content (AvgIpc) is 2.77. The van der Waals surface area contributed by atoms with E-state index < -0.39 is 5.97 Å². The molecule has 0 atom stereocenters. The van der Waals surface area contributed by atoms with Crippen LogP contribution in [0.4, 0.5) is 5.13 Å². The van der Waals surface area contributed by atoms with E-state index in [4.69, 9.17) is 5.11 Å². The van der Waals surface area contributed by atoms with Gasteiger partial charge >= 0.3 is 5.97 Å². The lowest BCUT2D eigenvalue weighted by Gasteiger charge is -2.28. The first-order valence-corrected chi connectivity index (χ1v) is 6.58. The summed E-state index contributed by atoms with van der Waals surface area (Å²) in [6.07, 6.45) is 3.80. The van der Waals surface area contributed by atoms with Gasteiger partial charge in [-0.05, 0) is 38.9 Å². The fraction of sp³-hybridized carbons (Fsp3) is 0.636. The number of likely N-dealkylation sites (tertiary alicyclic amines) is 1. The number of hydrogen-bond acceptors (Lipinski definition) is 5. The summed E-state index contributed by atoms with van der Waals surface area (Å²) in [5.74, 6) is -0.238. The molecule has 2 heterocycles. The first-order chi connectivity index (χ1) is 8.15. The lowest BCUT2D eigenvalue weighted by Crippen LogP contribution is -2.32. The number of aromatic carboxylic acids is 1. The fourth-order valence-electron chi connectivity index (χ4n) is 1.95. The zero-order chi connectivity index (χ0) is 12.3. The minimum atomic E-state index is -0.908. The molecule has 1 aliphatic heterocycles. The highest BCUT2D eigenvalue weighted by Gasteiger charge is 2.17. The van der Waals surface area contributed by atoms with Crippen LogP contribution in [0.15, 0.2) is 6.20 Å². The summed E-state index contributed by atoms with van der Waals surface area (Å²) in [7, 11) is 2.14. The number of hydrogen-bond donors (Lipinski definition) is 2. The molecule has 1 fully saturated rings. The van der Waals surface area contributed by atoms with Crippen molar-refractivity contribution in [2.45, 2.75) is 12.8 Å². The molecule has 17 heavy (non-hydrogen) atoms. The summed E-state index contributed by atoms with van der Waals surface area (Å²) in [5.41, 5.74) is 0. The summed E-state index contributed by atoms with van der Waals surface area (Å²) >= 11 is 1.20. The molecule has 1 aromatic rings. The second kappa shape index (κ2) is 5.46. The predicted molar refractivity (Wildman–Crippen MR) is 67.8 cm³/mol. The molecule has 94 valence electrons. The second-order valence-corrected chi connectivity index (χ2v) is 5.49. The number of rotatable bonds is 4. The van der Waals surface area contributed by atoms with Crippen molar-refractivity contribution in [1.29, 1.82) is 0 Å². The SMILES string of the molecule is CN1CCC(CNc2ncc(C(=O)O)s2)CC1. The van der Waals surface area contributed by atoms with Crippen LogP contribution in [0.1, 0.15) is 22.5 Å². The van der Waals surface area contributed by atoms with E-state index in [2.05, 4.69) is 22.2 Å². The molecule has 0 radical (unpaired) electrons. The van der Waals surface area contributed by atoms with Crippen molar-refractivity contribution in [3.63, 3.8) is 0 Å². The van der Waals surface area contributed by atoms with Crippen LogP contribution in [-0.4, -0.2) is 47.6 Å². The Morgan fingerprint density at radius 3 is 2.94 bits per heavy atom. The summed E-state index contributed by atoms with van der Waals surface area (Å²) in [5, 5.41) is 12.7. The molecule has 1 aromatic heterocycles. The summed E-state index contributed by atoms with van der Waals surface area (Å²) in [6.45, 7) is 3.18. The molecule has 1 aliphatic rings. The number of nitrogens with zero attached hydrogens (tertiary/aromatic N) is 2. The zero-order valence-electron chi connectivity index (χ0n) is 9.85. The van der Waals surface area contributed by atoms with Crippen LogP contribution >= 0.6 is 11.3 Å². The van der Waals surface area contributed by atoms with Gasteiger partial charge in [0.2, 0.25) is 0 Å². The molecule has 6 heteroatoms. The summed E-state index contributed by atoms with van der Waals surface area (Å²) in [6, 6.07) is 0. The van der Waals surface area contributed by atoms with Crippen molar-refractivity contribution in [2.75, 3.05) is 32.0 Å². The lowest BCUT2D eigenvalue weighted by atomic mass is 9.97. The van der Waals surface area contributed by atoms with Gasteiger partial charge in [-0.1, -0.05) is 11.3 Å². The van der Waals surface area contributed by atoms with Gasteiger partial charge in [-0.15, -0.1) is 0 Å². The molecule has 0 unspecified atom stereocenters. The van der Waals surface area contributed by atoms with Crippen molar-refractivity contribution in [2.24, 2.45) is 5.92 Å². The Bertz CT molecular complexity index is 386. The Balaban J connectivity index is 1.79. The third kappa shape index (κ3) is 3.41. The number of aromatic nitrogens is 1. The minimum absolute atomic E-state index is 0.288. The molecule has 0 saturated carbocycles. The third-order valence-electron chi connectivity index (χ3n) is 3.10. The van der Waals surface area contributed by atoms with Gasteiger partial charge in [0.05, 0.1) is 6.20 Å². The Morgan fingerprint density at radius 1 is 1.65 bits per heavy atom. The Hall–Kier alpha value is -1.14. The Kier molecular flexibility index (Phi) is 3.96. The quantitative estimate of drug-likeness (QED) is 0.855. The van der Waals surface area contributed by atoms with Crippen LogP contribution in [0.2, 0.25) is 0 Å².